The Bertz CT molecular complexity index is 501. The van der Waals surface area contributed by atoms with Gasteiger partial charge in [0.1, 0.15) is 17.6 Å². The fourth-order valence-electron chi connectivity index (χ4n) is 2.17. The summed E-state index contributed by atoms with van der Waals surface area (Å²) >= 11 is 0. The van der Waals surface area contributed by atoms with Crippen LogP contribution in [0.1, 0.15) is 24.1 Å². The highest BCUT2D eigenvalue weighted by atomic mass is 19.4. The Hall–Kier alpha value is -1.81. The monoisotopic (exact) mass is 284 g/mol. The summed E-state index contributed by atoms with van der Waals surface area (Å²) in [5, 5.41) is 15.0. The third kappa shape index (κ3) is 3.61. The molecule has 0 saturated carbocycles. The maximum absolute atomic E-state index is 12.6. The normalized spacial score (nSPS) is 16.7. The van der Waals surface area contributed by atoms with Gasteiger partial charge in [-0.1, -0.05) is 0 Å². The fraction of sp³-hybridized carbons (Fsp3) is 0.538. The summed E-state index contributed by atoms with van der Waals surface area (Å²) < 4.78 is 37.9. The lowest BCUT2D eigenvalue weighted by Gasteiger charge is -2.23. The lowest BCUT2D eigenvalue weighted by Crippen LogP contribution is -2.31. The maximum atomic E-state index is 12.6. The minimum atomic E-state index is -4.50. The molecule has 1 aliphatic rings. The number of nitrogens with zero attached hydrogens (tertiary/aromatic N) is 2. The van der Waals surface area contributed by atoms with Crippen LogP contribution in [0.5, 0.6) is 0 Å². The molecule has 0 unspecified atom stereocenters. The Balaban J connectivity index is 2.10. The van der Waals surface area contributed by atoms with Crippen molar-refractivity contribution < 1.29 is 13.2 Å². The van der Waals surface area contributed by atoms with Gasteiger partial charge in [0.2, 0.25) is 0 Å². The molecule has 4 nitrogen and oxygen atoms in total. The van der Waals surface area contributed by atoms with E-state index < -0.39 is 11.9 Å². The van der Waals surface area contributed by atoms with E-state index in [0.29, 0.717) is 12.5 Å². The van der Waals surface area contributed by atoms with Crippen LogP contribution in [0.25, 0.3) is 0 Å². The molecule has 1 fully saturated rings. The SMILES string of the molecule is N#Cc1ccc(C(F)(F)F)nc1NCC1CCNCC1. The molecule has 1 saturated heterocycles. The number of hydrogen-bond acceptors (Lipinski definition) is 4. The van der Waals surface area contributed by atoms with Crippen LogP contribution >= 0.6 is 0 Å². The van der Waals surface area contributed by atoms with Crippen molar-refractivity contribution in [3.05, 3.63) is 23.4 Å². The van der Waals surface area contributed by atoms with E-state index in [-0.39, 0.29) is 11.4 Å². The molecule has 0 atom stereocenters. The molecular formula is C13H15F3N4. The van der Waals surface area contributed by atoms with Crippen LogP contribution < -0.4 is 10.6 Å². The first-order chi connectivity index (χ1) is 9.50. The highest BCUT2D eigenvalue weighted by Crippen LogP contribution is 2.29. The van der Waals surface area contributed by atoms with Crippen molar-refractivity contribution in [2.24, 2.45) is 5.92 Å². The van der Waals surface area contributed by atoms with Gasteiger partial charge in [-0.25, -0.2) is 4.98 Å². The topological polar surface area (TPSA) is 60.7 Å². The minimum Gasteiger partial charge on any atom is -0.369 e. The molecule has 2 rings (SSSR count). The first-order valence-corrected chi connectivity index (χ1v) is 6.43. The van der Waals surface area contributed by atoms with E-state index in [1.54, 1.807) is 0 Å². The number of nitriles is 1. The fourth-order valence-corrected chi connectivity index (χ4v) is 2.17. The van der Waals surface area contributed by atoms with Crippen molar-refractivity contribution in [3.8, 4) is 6.07 Å². The van der Waals surface area contributed by atoms with Crippen molar-refractivity contribution in [1.82, 2.24) is 10.3 Å². The number of nitrogens with one attached hydrogen (secondary N) is 2. The van der Waals surface area contributed by atoms with Gasteiger partial charge >= 0.3 is 6.18 Å². The van der Waals surface area contributed by atoms with Gasteiger partial charge in [-0.15, -0.1) is 0 Å². The summed E-state index contributed by atoms with van der Waals surface area (Å²) in [5.74, 6) is 0.403. The number of rotatable bonds is 3. The van der Waals surface area contributed by atoms with E-state index in [2.05, 4.69) is 15.6 Å². The second-order valence-electron chi connectivity index (χ2n) is 4.78. The van der Waals surface area contributed by atoms with Crippen LogP contribution in [0.3, 0.4) is 0 Å². The molecule has 7 heteroatoms. The van der Waals surface area contributed by atoms with Crippen molar-refractivity contribution in [2.75, 3.05) is 25.0 Å². The molecule has 0 radical (unpaired) electrons. The van der Waals surface area contributed by atoms with Crippen molar-refractivity contribution >= 4 is 5.82 Å². The van der Waals surface area contributed by atoms with Gasteiger partial charge < -0.3 is 10.6 Å². The zero-order valence-corrected chi connectivity index (χ0v) is 10.8. The number of aromatic nitrogens is 1. The number of hydrogen-bond donors (Lipinski definition) is 2. The molecule has 1 aliphatic heterocycles. The van der Waals surface area contributed by atoms with E-state index in [4.69, 9.17) is 5.26 Å². The van der Waals surface area contributed by atoms with Crippen molar-refractivity contribution in [2.45, 2.75) is 19.0 Å². The highest BCUT2D eigenvalue weighted by molar-refractivity contribution is 5.52. The van der Waals surface area contributed by atoms with Crippen molar-refractivity contribution in [3.63, 3.8) is 0 Å². The molecule has 108 valence electrons. The van der Waals surface area contributed by atoms with Crippen LogP contribution in [-0.4, -0.2) is 24.6 Å². The molecule has 2 heterocycles. The molecule has 0 bridgehead atoms. The average Bonchev–Trinajstić information content (AvgIpc) is 2.45. The van der Waals surface area contributed by atoms with Crippen LogP contribution in [0.15, 0.2) is 12.1 Å². The molecular weight excluding hydrogens is 269 g/mol. The van der Waals surface area contributed by atoms with Crippen LogP contribution in [-0.2, 0) is 6.18 Å². The molecule has 0 aliphatic carbocycles. The second-order valence-corrected chi connectivity index (χ2v) is 4.78. The quantitative estimate of drug-likeness (QED) is 0.894. The Kier molecular flexibility index (Phi) is 4.45. The summed E-state index contributed by atoms with van der Waals surface area (Å²) in [4.78, 5) is 3.52. The third-order valence-corrected chi connectivity index (χ3v) is 3.32. The summed E-state index contributed by atoms with van der Waals surface area (Å²) in [5.41, 5.74) is -0.851. The number of pyridine rings is 1. The minimum absolute atomic E-state index is 0.0147. The summed E-state index contributed by atoms with van der Waals surface area (Å²) in [7, 11) is 0. The second kappa shape index (κ2) is 6.09. The Morgan fingerprint density at radius 3 is 2.65 bits per heavy atom. The molecule has 1 aromatic heterocycles. The van der Waals surface area contributed by atoms with E-state index in [1.807, 2.05) is 6.07 Å². The predicted molar refractivity (Wildman–Crippen MR) is 68.0 cm³/mol. The summed E-state index contributed by atoms with van der Waals surface area (Å²) in [6.45, 7) is 2.35. The standard InChI is InChI=1S/C13H15F3N4/c14-13(15,16)11-2-1-10(7-17)12(20-11)19-8-9-3-5-18-6-4-9/h1-2,9,18H,3-6,8H2,(H,19,20). The molecule has 0 spiro atoms. The number of halogens is 3. The number of alkyl halides is 3. The van der Waals surface area contributed by atoms with Crippen LogP contribution in [0, 0.1) is 17.2 Å². The van der Waals surface area contributed by atoms with Gasteiger partial charge in [0.25, 0.3) is 0 Å². The summed E-state index contributed by atoms with van der Waals surface area (Å²) in [6, 6.07) is 3.84. The molecule has 0 amide bonds. The van der Waals surface area contributed by atoms with Gasteiger partial charge in [-0.05, 0) is 44.0 Å². The Morgan fingerprint density at radius 1 is 1.35 bits per heavy atom. The van der Waals surface area contributed by atoms with Crippen LogP contribution in [0.4, 0.5) is 19.0 Å². The van der Waals surface area contributed by atoms with Crippen LogP contribution in [0.2, 0.25) is 0 Å². The average molecular weight is 284 g/mol. The number of anilines is 1. The zero-order chi connectivity index (χ0) is 14.6. The maximum Gasteiger partial charge on any atom is 0.433 e. The van der Waals surface area contributed by atoms with Gasteiger partial charge in [0, 0.05) is 6.54 Å². The lowest BCUT2D eigenvalue weighted by atomic mass is 9.98. The molecule has 2 N–H and O–H groups in total. The molecule has 20 heavy (non-hydrogen) atoms. The third-order valence-electron chi connectivity index (χ3n) is 3.32. The lowest BCUT2D eigenvalue weighted by molar-refractivity contribution is -0.141. The molecule has 0 aromatic carbocycles. The van der Waals surface area contributed by atoms with E-state index in [1.165, 1.54) is 0 Å². The zero-order valence-electron chi connectivity index (χ0n) is 10.8. The van der Waals surface area contributed by atoms with Crippen molar-refractivity contribution in [1.29, 1.82) is 5.26 Å². The molecule has 1 aromatic rings. The van der Waals surface area contributed by atoms with Gasteiger partial charge in [-0.2, -0.15) is 18.4 Å². The number of piperidine rings is 1. The van der Waals surface area contributed by atoms with E-state index in [0.717, 1.165) is 38.1 Å². The highest BCUT2D eigenvalue weighted by Gasteiger charge is 2.33. The Labute approximate surface area is 115 Å². The van der Waals surface area contributed by atoms with Gasteiger partial charge in [0.05, 0.1) is 5.56 Å². The Morgan fingerprint density at radius 2 is 2.05 bits per heavy atom. The van der Waals surface area contributed by atoms with E-state index in [9.17, 15) is 13.2 Å². The first-order valence-electron chi connectivity index (χ1n) is 6.43. The largest absolute Gasteiger partial charge is 0.433 e. The van der Waals surface area contributed by atoms with Gasteiger partial charge in [0.15, 0.2) is 0 Å². The smallest absolute Gasteiger partial charge is 0.369 e. The first kappa shape index (κ1) is 14.6. The van der Waals surface area contributed by atoms with E-state index >= 15 is 0 Å². The predicted octanol–water partition coefficient (Wildman–Crippen LogP) is 2.38. The van der Waals surface area contributed by atoms with Gasteiger partial charge in [-0.3, -0.25) is 0 Å². The summed E-state index contributed by atoms with van der Waals surface area (Å²) in [6.07, 6.45) is -2.57.